The Labute approximate surface area is 152 Å². The molecule has 0 radical (unpaired) electrons. The van der Waals surface area contributed by atoms with E-state index in [0.717, 1.165) is 7.11 Å². The first-order chi connectivity index (χ1) is 12.8. The monoisotopic (exact) mass is 376 g/mol. The highest BCUT2D eigenvalue weighted by Crippen LogP contribution is 2.54. The largest absolute Gasteiger partial charge is 0.504 e. The Morgan fingerprint density at radius 1 is 1.22 bits per heavy atom. The van der Waals surface area contributed by atoms with Crippen molar-refractivity contribution in [3.05, 3.63) is 39.4 Å². The number of fused-ring (bicyclic) bond motifs is 3. The number of aromatic carboxylic acids is 1. The lowest BCUT2D eigenvalue weighted by Gasteiger charge is -2.29. The number of hydrogen-bond acceptors (Lipinski definition) is 8. The number of carbonyl (C=O) groups is 1. The first-order valence-electron chi connectivity index (χ1n) is 7.75. The molecule has 0 saturated carbocycles. The molecule has 1 aromatic heterocycles. The van der Waals surface area contributed by atoms with Gasteiger partial charge in [-0.25, -0.2) is 9.59 Å². The number of rotatable bonds is 4. The van der Waals surface area contributed by atoms with Crippen molar-refractivity contribution in [2.45, 2.75) is 13.2 Å². The molecule has 0 spiro atoms. The Morgan fingerprint density at radius 2 is 1.93 bits per heavy atom. The molecule has 27 heavy (non-hydrogen) atoms. The second kappa shape index (κ2) is 6.69. The SMILES string of the molecule is C/C=C/c1cc2c(c(=O)o1)-c1c(O)c(O)c(OC)c(C(=O)O)c1[C@H](OC)O2. The van der Waals surface area contributed by atoms with Gasteiger partial charge < -0.3 is 33.9 Å². The maximum absolute atomic E-state index is 12.5. The molecule has 0 bridgehead atoms. The van der Waals surface area contributed by atoms with Gasteiger partial charge in [0.25, 0.3) is 0 Å². The predicted octanol–water partition coefficient (Wildman–Crippen LogP) is 2.50. The molecular formula is C18H16O9. The molecule has 0 amide bonds. The van der Waals surface area contributed by atoms with Crippen LogP contribution in [0.15, 0.2) is 21.4 Å². The number of methoxy groups -OCH3 is 2. The molecule has 2 aromatic rings. The van der Waals surface area contributed by atoms with Gasteiger partial charge in [-0.1, -0.05) is 6.08 Å². The number of phenols is 2. The van der Waals surface area contributed by atoms with Crippen molar-refractivity contribution in [1.82, 2.24) is 0 Å². The fourth-order valence-electron chi connectivity index (χ4n) is 3.01. The maximum atomic E-state index is 12.5. The van der Waals surface area contributed by atoms with Gasteiger partial charge in [-0.2, -0.15) is 0 Å². The minimum Gasteiger partial charge on any atom is -0.504 e. The number of carboxylic acids is 1. The van der Waals surface area contributed by atoms with Gasteiger partial charge in [0.05, 0.1) is 12.7 Å². The third kappa shape index (κ3) is 2.68. The van der Waals surface area contributed by atoms with Crippen LogP contribution in [0.4, 0.5) is 0 Å². The standard InChI is InChI=1S/C18H16O9/c1-4-5-7-6-8-9(17(23)26-7)10-11(18(25-3)27-8)12(16(21)22)15(24-2)14(20)13(10)19/h4-6,18-20H,1-3H3,(H,21,22)/b5-4+/t18-/m1/s1. The lowest BCUT2D eigenvalue weighted by atomic mass is 9.90. The Morgan fingerprint density at radius 3 is 2.48 bits per heavy atom. The lowest BCUT2D eigenvalue weighted by molar-refractivity contribution is -0.0591. The molecule has 0 unspecified atom stereocenters. The van der Waals surface area contributed by atoms with Crippen molar-refractivity contribution in [3.63, 3.8) is 0 Å². The number of phenolic OH excluding ortho intramolecular Hbond substituents is 2. The Kier molecular flexibility index (Phi) is 4.54. The molecule has 1 aromatic carbocycles. The van der Waals surface area contributed by atoms with E-state index in [1.54, 1.807) is 13.0 Å². The van der Waals surface area contributed by atoms with E-state index in [-0.39, 0.29) is 28.2 Å². The highest BCUT2D eigenvalue weighted by molar-refractivity contribution is 6.00. The minimum absolute atomic E-state index is 0.00917. The summed E-state index contributed by atoms with van der Waals surface area (Å²) in [6.07, 6.45) is 1.89. The highest BCUT2D eigenvalue weighted by atomic mass is 16.7. The molecule has 9 heteroatoms. The van der Waals surface area contributed by atoms with Gasteiger partial charge in [0.2, 0.25) is 12.0 Å². The van der Waals surface area contributed by atoms with Crippen LogP contribution in [0.5, 0.6) is 23.0 Å². The van der Waals surface area contributed by atoms with Crippen LogP contribution in [0.1, 0.15) is 34.9 Å². The molecular weight excluding hydrogens is 360 g/mol. The summed E-state index contributed by atoms with van der Waals surface area (Å²) in [6.45, 7) is 1.73. The number of benzene rings is 1. The van der Waals surface area contributed by atoms with E-state index in [9.17, 15) is 24.9 Å². The number of ether oxygens (including phenoxy) is 3. The zero-order valence-corrected chi connectivity index (χ0v) is 14.6. The molecule has 9 nitrogen and oxygen atoms in total. The summed E-state index contributed by atoms with van der Waals surface area (Å²) in [7, 11) is 2.39. The summed E-state index contributed by atoms with van der Waals surface area (Å²) >= 11 is 0. The van der Waals surface area contributed by atoms with Gasteiger partial charge in [0.15, 0.2) is 11.5 Å². The van der Waals surface area contributed by atoms with Crippen LogP contribution in [0.3, 0.4) is 0 Å². The normalized spacial score (nSPS) is 15.1. The van der Waals surface area contributed by atoms with Crippen LogP contribution in [0.25, 0.3) is 17.2 Å². The quantitative estimate of drug-likeness (QED) is 0.688. The molecule has 1 aliphatic rings. The first kappa shape index (κ1) is 18.3. The predicted molar refractivity (Wildman–Crippen MR) is 92.3 cm³/mol. The third-order valence-electron chi connectivity index (χ3n) is 4.06. The second-order valence-corrected chi connectivity index (χ2v) is 5.56. The van der Waals surface area contributed by atoms with Crippen LogP contribution in [0, 0.1) is 0 Å². The molecule has 142 valence electrons. The summed E-state index contributed by atoms with van der Waals surface area (Å²) < 4.78 is 20.9. The fraction of sp³-hybridized carbons (Fsp3) is 0.222. The van der Waals surface area contributed by atoms with Crippen LogP contribution >= 0.6 is 0 Å². The minimum atomic E-state index is -1.47. The number of aromatic hydroxyl groups is 2. The Bertz CT molecular complexity index is 1020. The summed E-state index contributed by atoms with van der Waals surface area (Å²) in [5.74, 6) is -3.33. The van der Waals surface area contributed by atoms with Crippen molar-refractivity contribution < 1.29 is 38.7 Å². The molecule has 1 aliphatic heterocycles. The van der Waals surface area contributed by atoms with E-state index in [1.165, 1.54) is 19.3 Å². The van der Waals surface area contributed by atoms with Crippen molar-refractivity contribution in [1.29, 1.82) is 0 Å². The van der Waals surface area contributed by atoms with Crippen LogP contribution in [-0.2, 0) is 4.74 Å². The fourth-order valence-corrected chi connectivity index (χ4v) is 3.01. The molecule has 3 rings (SSSR count). The van der Waals surface area contributed by atoms with Gasteiger partial charge in [0, 0.05) is 18.7 Å². The van der Waals surface area contributed by atoms with E-state index in [4.69, 9.17) is 18.6 Å². The second-order valence-electron chi connectivity index (χ2n) is 5.56. The molecule has 0 aliphatic carbocycles. The van der Waals surface area contributed by atoms with Gasteiger partial charge in [0.1, 0.15) is 22.6 Å². The van der Waals surface area contributed by atoms with Crippen LogP contribution in [0.2, 0.25) is 0 Å². The van der Waals surface area contributed by atoms with E-state index >= 15 is 0 Å². The molecule has 0 saturated heterocycles. The average molecular weight is 376 g/mol. The summed E-state index contributed by atoms with van der Waals surface area (Å²) in [4.78, 5) is 24.3. The number of carboxylic acid groups (broad SMARTS) is 1. The van der Waals surface area contributed by atoms with E-state index < -0.39 is 40.7 Å². The third-order valence-corrected chi connectivity index (χ3v) is 4.06. The van der Waals surface area contributed by atoms with E-state index in [1.807, 2.05) is 0 Å². The average Bonchev–Trinajstić information content (AvgIpc) is 2.63. The lowest BCUT2D eigenvalue weighted by Crippen LogP contribution is -2.23. The molecule has 1 atom stereocenters. The van der Waals surface area contributed by atoms with Crippen LogP contribution in [-0.4, -0.2) is 35.5 Å². The van der Waals surface area contributed by atoms with Gasteiger partial charge in [-0.3, -0.25) is 0 Å². The zero-order chi connectivity index (χ0) is 19.9. The molecule has 0 fully saturated rings. The number of hydrogen-bond donors (Lipinski definition) is 3. The van der Waals surface area contributed by atoms with Crippen molar-refractivity contribution >= 4 is 12.0 Å². The van der Waals surface area contributed by atoms with E-state index in [2.05, 4.69) is 0 Å². The summed E-state index contributed by atoms with van der Waals surface area (Å²) in [5, 5.41) is 30.3. The summed E-state index contributed by atoms with van der Waals surface area (Å²) in [6, 6.07) is 1.40. The van der Waals surface area contributed by atoms with Crippen molar-refractivity contribution in [3.8, 4) is 34.1 Å². The van der Waals surface area contributed by atoms with Gasteiger partial charge in [-0.05, 0) is 13.0 Å². The first-order valence-corrected chi connectivity index (χ1v) is 7.75. The van der Waals surface area contributed by atoms with Crippen molar-refractivity contribution in [2.75, 3.05) is 14.2 Å². The number of allylic oxidation sites excluding steroid dienone is 1. The topological polar surface area (TPSA) is 136 Å². The smallest absolute Gasteiger partial charge is 0.348 e. The van der Waals surface area contributed by atoms with Crippen LogP contribution < -0.4 is 15.1 Å². The highest BCUT2D eigenvalue weighted by Gasteiger charge is 2.40. The molecule has 2 heterocycles. The molecule has 3 N–H and O–H groups in total. The van der Waals surface area contributed by atoms with Gasteiger partial charge in [-0.15, -0.1) is 0 Å². The van der Waals surface area contributed by atoms with Gasteiger partial charge >= 0.3 is 11.6 Å². The maximum Gasteiger partial charge on any atom is 0.348 e. The zero-order valence-electron chi connectivity index (χ0n) is 14.6. The van der Waals surface area contributed by atoms with Crippen molar-refractivity contribution in [2.24, 2.45) is 0 Å². The Balaban J connectivity index is 2.49. The Hall–Kier alpha value is -3.46. The van der Waals surface area contributed by atoms with E-state index in [0.29, 0.717) is 0 Å². The summed E-state index contributed by atoms with van der Waals surface area (Å²) in [5.41, 5.74) is -2.04.